The Morgan fingerprint density at radius 1 is 1.50 bits per heavy atom. The fourth-order valence-electron chi connectivity index (χ4n) is 2.30. The van der Waals surface area contributed by atoms with Crippen LogP contribution < -0.4 is 11.2 Å². The molecule has 0 saturated carbocycles. The van der Waals surface area contributed by atoms with Crippen molar-refractivity contribution in [3.8, 4) is 0 Å². The zero-order chi connectivity index (χ0) is 13.4. The van der Waals surface area contributed by atoms with E-state index < -0.39 is 18.0 Å². The number of hydrogen-bond acceptors (Lipinski definition) is 4. The van der Waals surface area contributed by atoms with Crippen molar-refractivity contribution >= 4 is 0 Å². The van der Waals surface area contributed by atoms with Gasteiger partial charge in [-0.25, -0.2) is 4.79 Å². The molecule has 3 atom stereocenters. The lowest BCUT2D eigenvalue weighted by molar-refractivity contribution is -0.0222. The van der Waals surface area contributed by atoms with Crippen molar-refractivity contribution < 1.29 is 9.84 Å². The Labute approximate surface area is 104 Å². The van der Waals surface area contributed by atoms with E-state index in [2.05, 4.69) is 0 Å². The Morgan fingerprint density at radius 3 is 2.72 bits per heavy atom. The minimum Gasteiger partial charge on any atom is -0.390 e. The van der Waals surface area contributed by atoms with Gasteiger partial charge in [-0.2, -0.15) is 0 Å². The summed E-state index contributed by atoms with van der Waals surface area (Å²) in [5.41, 5.74) is -0.239. The molecule has 0 amide bonds. The van der Waals surface area contributed by atoms with Gasteiger partial charge in [-0.15, -0.1) is 0 Å². The van der Waals surface area contributed by atoms with Crippen LogP contribution in [-0.2, 0) is 11.8 Å². The minimum absolute atomic E-state index is 0.251. The SMILES string of the molecule is CC[C@H]1O[C@@H](n2cc(C)c(=O)n(C)c2=O)C[C@H]1O. The summed E-state index contributed by atoms with van der Waals surface area (Å²) in [6, 6.07) is 0. The van der Waals surface area contributed by atoms with Crippen molar-refractivity contribution in [2.24, 2.45) is 7.05 Å². The van der Waals surface area contributed by atoms with Gasteiger partial charge in [0.2, 0.25) is 0 Å². The van der Waals surface area contributed by atoms with Gasteiger partial charge in [0.05, 0.1) is 12.2 Å². The first-order valence-corrected chi connectivity index (χ1v) is 6.08. The van der Waals surface area contributed by atoms with E-state index in [1.54, 1.807) is 6.92 Å². The van der Waals surface area contributed by atoms with Crippen LogP contribution in [0.3, 0.4) is 0 Å². The van der Waals surface area contributed by atoms with E-state index in [0.717, 1.165) is 4.57 Å². The van der Waals surface area contributed by atoms with E-state index in [-0.39, 0.29) is 11.7 Å². The number of hydrogen-bond donors (Lipinski definition) is 1. The second-order valence-corrected chi connectivity index (χ2v) is 4.71. The Hall–Kier alpha value is -1.40. The molecule has 1 saturated heterocycles. The molecule has 0 bridgehead atoms. The van der Waals surface area contributed by atoms with Gasteiger partial charge in [0, 0.05) is 25.2 Å². The van der Waals surface area contributed by atoms with Gasteiger partial charge in [-0.05, 0) is 13.3 Å². The fourth-order valence-corrected chi connectivity index (χ4v) is 2.30. The highest BCUT2D eigenvalue weighted by atomic mass is 16.5. The monoisotopic (exact) mass is 254 g/mol. The molecule has 0 unspecified atom stereocenters. The highest BCUT2D eigenvalue weighted by molar-refractivity contribution is 5.03. The van der Waals surface area contributed by atoms with Gasteiger partial charge in [0.25, 0.3) is 5.56 Å². The van der Waals surface area contributed by atoms with Crippen molar-refractivity contribution in [2.45, 2.75) is 45.1 Å². The highest BCUT2D eigenvalue weighted by Gasteiger charge is 2.34. The summed E-state index contributed by atoms with van der Waals surface area (Å²) < 4.78 is 8.08. The largest absolute Gasteiger partial charge is 0.390 e. The van der Waals surface area contributed by atoms with Crippen molar-refractivity contribution in [3.63, 3.8) is 0 Å². The molecule has 1 aliphatic rings. The molecule has 100 valence electrons. The first-order chi connectivity index (χ1) is 8.45. The van der Waals surface area contributed by atoms with E-state index in [1.807, 2.05) is 6.92 Å². The van der Waals surface area contributed by atoms with E-state index >= 15 is 0 Å². The van der Waals surface area contributed by atoms with Gasteiger partial charge in [0.15, 0.2) is 0 Å². The molecule has 6 nitrogen and oxygen atoms in total. The molecule has 1 aromatic rings. The second kappa shape index (κ2) is 4.70. The van der Waals surface area contributed by atoms with Crippen LogP contribution >= 0.6 is 0 Å². The average molecular weight is 254 g/mol. The lowest BCUT2D eigenvalue weighted by Crippen LogP contribution is -2.40. The molecule has 0 radical (unpaired) electrons. The Balaban J connectivity index is 2.42. The predicted octanol–water partition coefficient (Wildman–Crippen LogP) is -0.0862. The molecule has 1 aromatic heterocycles. The molecular formula is C12H18N2O4. The third-order valence-electron chi connectivity index (χ3n) is 3.40. The zero-order valence-corrected chi connectivity index (χ0v) is 10.8. The van der Waals surface area contributed by atoms with Gasteiger partial charge in [0.1, 0.15) is 6.23 Å². The van der Waals surface area contributed by atoms with E-state index in [0.29, 0.717) is 18.4 Å². The third-order valence-corrected chi connectivity index (χ3v) is 3.40. The lowest BCUT2D eigenvalue weighted by Gasteiger charge is -2.16. The highest BCUT2D eigenvalue weighted by Crippen LogP contribution is 2.29. The summed E-state index contributed by atoms with van der Waals surface area (Å²) in [5.74, 6) is 0. The molecule has 0 spiro atoms. The average Bonchev–Trinajstić information content (AvgIpc) is 2.72. The van der Waals surface area contributed by atoms with Crippen molar-refractivity contribution in [1.82, 2.24) is 9.13 Å². The molecule has 0 aromatic carbocycles. The van der Waals surface area contributed by atoms with Gasteiger partial charge in [-0.3, -0.25) is 13.9 Å². The Morgan fingerprint density at radius 2 is 2.17 bits per heavy atom. The summed E-state index contributed by atoms with van der Waals surface area (Å²) in [7, 11) is 1.44. The molecule has 1 N–H and O–H groups in total. The van der Waals surface area contributed by atoms with Crippen LogP contribution in [0.15, 0.2) is 15.8 Å². The molecule has 1 aliphatic heterocycles. The second-order valence-electron chi connectivity index (χ2n) is 4.71. The normalized spacial score (nSPS) is 27.7. The lowest BCUT2D eigenvalue weighted by atomic mass is 10.1. The quantitative estimate of drug-likeness (QED) is 0.800. The Bertz CT molecular complexity index is 560. The first kappa shape index (κ1) is 13.0. The molecule has 2 rings (SSSR count). The summed E-state index contributed by atoms with van der Waals surface area (Å²) in [4.78, 5) is 23.6. The summed E-state index contributed by atoms with van der Waals surface area (Å²) in [6.07, 6.45) is 1.25. The van der Waals surface area contributed by atoms with Gasteiger partial charge >= 0.3 is 5.69 Å². The van der Waals surface area contributed by atoms with Crippen LogP contribution in [0.25, 0.3) is 0 Å². The maximum absolute atomic E-state index is 12.0. The molecule has 18 heavy (non-hydrogen) atoms. The number of aromatic nitrogens is 2. The van der Waals surface area contributed by atoms with Gasteiger partial charge < -0.3 is 9.84 Å². The van der Waals surface area contributed by atoms with Crippen molar-refractivity contribution in [3.05, 3.63) is 32.6 Å². The third kappa shape index (κ3) is 2.02. The molecule has 6 heteroatoms. The van der Waals surface area contributed by atoms with E-state index in [9.17, 15) is 14.7 Å². The maximum atomic E-state index is 12.0. The summed E-state index contributed by atoms with van der Waals surface area (Å²) >= 11 is 0. The van der Waals surface area contributed by atoms with E-state index in [4.69, 9.17) is 4.74 Å². The van der Waals surface area contributed by atoms with Crippen LogP contribution in [0.2, 0.25) is 0 Å². The summed E-state index contributed by atoms with van der Waals surface area (Å²) in [5, 5.41) is 9.80. The minimum atomic E-state index is -0.565. The molecular weight excluding hydrogens is 236 g/mol. The van der Waals surface area contributed by atoms with Crippen LogP contribution in [0, 0.1) is 6.92 Å². The smallest absolute Gasteiger partial charge is 0.332 e. The summed E-state index contributed by atoms with van der Waals surface area (Å²) in [6.45, 7) is 3.58. The van der Waals surface area contributed by atoms with Crippen LogP contribution in [0.1, 0.15) is 31.6 Å². The topological polar surface area (TPSA) is 73.5 Å². The number of rotatable bonds is 2. The first-order valence-electron chi connectivity index (χ1n) is 6.08. The standard InChI is InChI=1S/C12H18N2O4/c1-4-9-8(15)5-10(18-9)14-6-7(2)11(16)13(3)12(14)17/h6,8-10,15H,4-5H2,1-3H3/t8-,9-,10-/m1/s1. The predicted molar refractivity (Wildman–Crippen MR) is 65.5 cm³/mol. The number of nitrogens with zero attached hydrogens (tertiary/aromatic N) is 2. The molecule has 0 aliphatic carbocycles. The van der Waals surface area contributed by atoms with Crippen molar-refractivity contribution in [1.29, 1.82) is 0 Å². The van der Waals surface area contributed by atoms with Crippen LogP contribution in [-0.4, -0.2) is 26.4 Å². The van der Waals surface area contributed by atoms with Crippen LogP contribution in [0.5, 0.6) is 0 Å². The number of aliphatic hydroxyl groups excluding tert-OH is 1. The number of ether oxygens (including phenoxy) is 1. The van der Waals surface area contributed by atoms with Gasteiger partial charge in [-0.1, -0.05) is 6.92 Å². The molecule has 1 fully saturated rings. The van der Waals surface area contributed by atoms with Crippen LogP contribution in [0.4, 0.5) is 0 Å². The maximum Gasteiger partial charge on any atom is 0.332 e. The number of aryl methyl sites for hydroxylation is 1. The fraction of sp³-hybridized carbons (Fsp3) is 0.667. The van der Waals surface area contributed by atoms with Crippen molar-refractivity contribution in [2.75, 3.05) is 0 Å². The van der Waals surface area contributed by atoms with E-state index in [1.165, 1.54) is 17.8 Å². The molecule has 2 heterocycles. The number of aliphatic hydroxyl groups is 1. The zero-order valence-electron chi connectivity index (χ0n) is 10.8. The Kier molecular flexibility index (Phi) is 3.41.